The van der Waals surface area contributed by atoms with Crippen molar-refractivity contribution < 1.29 is 22.3 Å². The molecule has 0 spiro atoms. The van der Waals surface area contributed by atoms with Crippen molar-refractivity contribution in [1.82, 2.24) is 4.90 Å². The number of ether oxygens (including phenoxy) is 1. The lowest BCUT2D eigenvalue weighted by molar-refractivity contribution is -0.140. The maximum atomic E-state index is 13.6. The Balaban J connectivity index is 1.57. The number of hydrogen-bond donors (Lipinski definition) is 0. The Kier molecular flexibility index (Phi) is 5.32. The molecule has 2 aromatic carbocycles. The van der Waals surface area contributed by atoms with E-state index in [1.165, 1.54) is 17.2 Å². The van der Waals surface area contributed by atoms with Crippen LogP contribution in [0.4, 0.5) is 17.6 Å². The zero-order chi connectivity index (χ0) is 18.7. The summed E-state index contributed by atoms with van der Waals surface area (Å²) < 4.78 is 56.7. The van der Waals surface area contributed by atoms with Gasteiger partial charge in [-0.15, -0.1) is 0 Å². The summed E-state index contributed by atoms with van der Waals surface area (Å²) in [4.78, 5) is 2.06. The lowest BCUT2D eigenvalue weighted by atomic mass is 10.1. The van der Waals surface area contributed by atoms with Crippen molar-refractivity contribution in [2.24, 2.45) is 0 Å². The minimum absolute atomic E-state index is 0.401. The van der Waals surface area contributed by atoms with Gasteiger partial charge in [-0.2, -0.15) is 13.2 Å². The molecule has 0 saturated carbocycles. The second-order valence-corrected chi connectivity index (χ2v) is 6.38. The van der Waals surface area contributed by atoms with Crippen LogP contribution in [-0.4, -0.2) is 25.1 Å². The number of nitrogens with zero attached hydrogens (tertiary/aromatic N) is 1. The van der Waals surface area contributed by atoms with Crippen LogP contribution >= 0.6 is 0 Å². The molecule has 1 aliphatic heterocycles. The molecule has 0 amide bonds. The van der Waals surface area contributed by atoms with Crippen molar-refractivity contribution in [1.29, 1.82) is 0 Å². The van der Waals surface area contributed by atoms with Gasteiger partial charge in [-0.25, -0.2) is 4.39 Å². The molecular weight excluding hydrogens is 346 g/mol. The Bertz CT molecular complexity index is 814. The van der Waals surface area contributed by atoms with Gasteiger partial charge in [-0.05, 0) is 41.9 Å². The fraction of sp³-hybridized carbons (Fsp3) is 0.300. The summed E-state index contributed by atoms with van der Waals surface area (Å²) in [5.41, 5.74) is 1.54. The third-order valence-corrected chi connectivity index (χ3v) is 4.23. The molecule has 1 heterocycles. The molecule has 2 aromatic rings. The monoisotopic (exact) mass is 365 g/mol. The maximum absolute atomic E-state index is 13.6. The number of alkyl halides is 3. The highest BCUT2D eigenvalue weighted by molar-refractivity contribution is 5.50. The molecule has 0 radical (unpaired) electrons. The molecule has 3 rings (SSSR count). The van der Waals surface area contributed by atoms with E-state index in [1.54, 1.807) is 12.2 Å². The second kappa shape index (κ2) is 7.50. The zero-order valence-corrected chi connectivity index (χ0v) is 14.3. The highest BCUT2D eigenvalue weighted by Gasteiger charge is 2.33. The van der Waals surface area contributed by atoms with Crippen LogP contribution < -0.4 is 4.74 Å². The van der Waals surface area contributed by atoms with Crippen LogP contribution in [0.3, 0.4) is 0 Å². The number of hydrogen-bond acceptors (Lipinski definition) is 2. The first kappa shape index (κ1) is 18.5. The molecule has 0 saturated heterocycles. The Hall–Kier alpha value is -2.34. The molecule has 0 aromatic heterocycles. The van der Waals surface area contributed by atoms with Gasteiger partial charge in [0.25, 0.3) is 0 Å². The number of fused-ring (bicyclic) bond motifs is 1. The smallest absolute Gasteiger partial charge is 0.419 e. The average molecular weight is 365 g/mol. The van der Waals surface area contributed by atoms with Crippen molar-refractivity contribution in [3.05, 3.63) is 70.5 Å². The predicted octanol–water partition coefficient (Wildman–Crippen LogP) is 4.92. The van der Waals surface area contributed by atoms with Gasteiger partial charge < -0.3 is 4.74 Å². The normalized spacial score (nSPS) is 14.1. The first-order valence-corrected chi connectivity index (χ1v) is 8.29. The fourth-order valence-corrected chi connectivity index (χ4v) is 2.95. The van der Waals surface area contributed by atoms with Gasteiger partial charge in [-0.3, -0.25) is 4.90 Å². The minimum Gasteiger partial charge on any atom is -0.493 e. The van der Waals surface area contributed by atoms with Crippen molar-refractivity contribution >= 4 is 6.08 Å². The Labute approximate surface area is 149 Å². The van der Waals surface area contributed by atoms with Crippen LogP contribution in [0.15, 0.2) is 42.5 Å². The number of rotatable bonds is 5. The molecule has 0 aliphatic carbocycles. The van der Waals surface area contributed by atoms with Gasteiger partial charge in [0.15, 0.2) is 0 Å². The van der Waals surface area contributed by atoms with Gasteiger partial charge in [-0.1, -0.05) is 30.4 Å². The van der Waals surface area contributed by atoms with E-state index in [0.29, 0.717) is 12.1 Å². The van der Waals surface area contributed by atoms with E-state index in [4.69, 9.17) is 4.74 Å². The summed E-state index contributed by atoms with van der Waals surface area (Å²) in [5.74, 6) is -0.311. The quantitative estimate of drug-likeness (QED) is 0.697. The zero-order valence-electron chi connectivity index (χ0n) is 14.3. The van der Waals surface area contributed by atoms with Gasteiger partial charge in [0.05, 0.1) is 12.2 Å². The lowest BCUT2D eigenvalue weighted by Gasteiger charge is -2.15. The lowest BCUT2D eigenvalue weighted by Crippen LogP contribution is -2.17. The first-order chi connectivity index (χ1) is 12.3. The first-order valence-electron chi connectivity index (χ1n) is 8.29. The van der Waals surface area contributed by atoms with E-state index in [0.717, 1.165) is 37.5 Å². The highest BCUT2D eigenvalue weighted by Crippen LogP contribution is 2.31. The summed E-state index contributed by atoms with van der Waals surface area (Å²) in [6, 6.07) is 9.07. The number of halogens is 4. The van der Waals surface area contributed by atoms with Crippen LogP contribution in [0, 0.1) is 5.82 Å². The van der Waals surface area contributed by atoms with Crippen molar-refractivity contribution in [2.45, 2.75) is 19.1 Å². The van der Waals surface area contributed by atoms with Crippen LogP contribution in [0.25, 0.3) is 6.08 Å². The van der Waals surface area contributed by atoms with E-state index in [-0.39, 0.29) is 0 Å². The van der Waals surface area contributed by atoms with E-state index >= 15 is 0 Å². The van der Waals surface area contributed by atoms with E-state index in [2.05, 4.69) is 11.0 Å². The topological polar surface area (TPSA) is 12.5 Å². The van der Waals surface area contributed by atoms with Crippen LogP contribution in [0.2, 0.25) is 0 Å². The molecule has 1 aliphatic rings. The summed E-state index contributed by atoms with van der Waals surface area (Å²) in [6.45, 7) is 2.05. The highest BCUT2D eigenvalue weighted by atomic mass is 19.4. The molecule has 138 valence electrons. The molecule has 0 bridgehead atoms. The molecule has 26 heavy (non-hydrogen) atoms. The Morgan fingerprint density at radius 2 is 1.96 bits per heavy atom. The van der Waals surface area contributed by atoms with Crippen molar-refractivity contribution in [3.63, 3.8) is 0 Å². The largest absolute Gasteiger partial charge is 0.493 e. The molecule has 0 unspecified atom stereocenters. The fourth-order valence-electron chi connectivity index (χ4n) is 2.95. The molecule has 2 nitrogen and oxygen atoms in total. The Morgan fingerprint density at radius 1 is 1.15 bits per heavy atom. The van der Waals surface area contributed by atoms with Crippen LogP contribution in [0.5, 0.6) is 5.75 Å². The molecule has 0 N–H and O–H groups in total. The van der Waals surface area contributed by atoms with Gasteiger partial charge in [0.1, 0.15) is 11.6 Å². The van der Waals surface area contributed by atoms with Gasteiger partial charge >= 0.3 is 6.18 Å². The second-order valence-electron chi connectivity index (χ2n) is 6.38. The van der Waals surface area contributed by atoms with Crippen molar-refractivity contribution in [3.8, 4) is 5.75 Å². The van der Waals surface area contributed by atoms with E-state index < -0.39 is 17.6 Å². The average Bonchev–Trinajstić information content (AvgIpc) is 3.01. The van der Waals surface area contributed by atoms with E-state index in [1.807, 2.05) is 19.2 Å². The van der Waals surface area contributed by atoms with Crippen LogP contribution in [0.1, 0.15) is 22.3 Å². The SMILES string of the molecule is CN(CC=Cc1ccc(C(F)(F)F)c(F)c1)Cc1ccc2c(c1)CCO2. The van der Waals surface area contributed by atoms with Crippen LogP contribution in [-0.2, 0) is 19.1 Å². The molecule has 0 atom stereocenters. The predicted molar refractivity (Wildman–Crippen MR) is 92.4 cm³/mol. The summed E-state index contributed by atoms with van der Waals surface area (Å²) in [7, 11) is 1.95. The summed E-state index contributed by atoms with van der Waals surface area (Å²) in [5, 5.41) is 0. The third kappa shape index (κ3) is 4.43. The van der Waals surface area contributed by atoms with Crippen molar-refractivity contribution in [2.75, 3.05) is 20.2 Å². The van der Waals surface area contributed by atoms with E-state index in [9.17, 15) is 17.6 Å². The standard InChI is InChI=1S/C20H19F4NO/c1-25(13-15-5-7-19-16(11-15)8-10-26-19)9-2-3-14-4-6-17(18(21)12-14)20(22,23)24/h2-7,11-12H,8-10,13H2,1H3. The number of benzene rings is 2. The summed E-state index contributed by atoms with van der Waals surface area (Å²) >= 11 is 0. The third-order valence-electron chi connectivity index (χ3n) is 4.23. The molecular formula is C20H19F4NO. The molecule has 0 fully saturated rings. The summed E-state index contributed by atoms with van der Waals surface area (Å²) in [6.07, 6.45) is -0.325. The maximum Gasteiger partial charge on any atom is 0.419 e. The Morgan fingerprint density at radius 3 is 2.69 bits per heavy atom. The number of likely N-dealkylation sites (N-methyl/N-ethyl adjacent to an activating group) is 1. The molecule has 6 heteroatoms. The van der Waals surface area contributed by atoms with Gasteiger partial charge in [0.2, 0.25) is 0 Å². The minimum atomic E-state index is -4.67. The van der Waals surface area contributed by atoms with Gasteiger partial charge in [0, 0.05) is 19.5 Å².